The van der Waals surface area contributed by atoms with Crippen LogP contribution in [0, 0.1) is 40.5 Å². The molecule has 0 radical (unpaired) electrons. The lowest BCUT2D eigenvalue weighted by Gasteiger charge is -2.12. The van der Waals surface area contributed by atoms with Crippen LogP contribution < -0.4 is 0 Å². The molecule has 0 aliphatic heterocycles. The summed E-state index contributed by atoms with van der Waals surface area (Å²) in [7, 11) is 0. The summed E-state index contributed by atoms with van der Waals surface area (Å²) in [5, 5.41) is -1.32. The molecule has 0 amide bonds. The van der Waals surface area contributed by atoms with Crippen molar-refractivity contribution in [2.24, 2.45) is 17.3 Å². The van der Waals surface area contributed by atoms with Crippen LogP contribution in [0.5, 0.6) is 0 Å². The van der Waals surface area contributed by atoms with E-state index < -0.39 is 69.3 Å². The summed E-state index contributed by atoms with van der Waals surface area (Å²) in [6.07, 6.45) is -4.21. The summed E-state index contributed by atoms with van der Waals surface area (Å²) in [6.45, 7) is 4.82. The van der Waals surface area contributed by atoms with Gasteiger partial charge in [0.05, 0.1) is 0 Å². The van der Waals surface area contributed by atoms with Crippen LogP contribution in [0.1, 0.15) is 38.3 Å². The molecule has 0 spiro atoms. The second kappa shape index (κ2) is 7.06. The van der Waals surface area contributed by atoms with E-state index in [0.717, 1.165) is 6.08 Å². The fourth-order valence-electron chi connectivity index (χ4n) is 3.35. The van der Waals surface area contributed by atoms with E-state index in [4.69, 9.17) is 11.6 Å². The van der Waals surface area contributed by atoms with E-state index in [1.54, 1.807) is 20.8 Å². The molecule has 1 aliphatic carbocycles. The molecule has 1 aromatic rings. The second-order valence-electron chi connectivity index (χ2n) is 7.13. The van der Waals surface area contributed by atoms with Gasteiger partial charge in [-0.25, -0.2) is 17.6 Å². The first-order valence-corrected chi connectivity index (χ1v) is 8.49. The number of hydrogen-bond acceptors (Lipinski definition) is 0. The van der Waals surface area contributed by atoms with Gasteiger partial charge < -0.3 is 0 Å². The monoisotopic (exact) mass is 402 g/mol. The zero-order valence-corrected chi connectivity index (χ0v) is 15.1. The molecule has 2 rings (SSSR count). The zero-order chi connectivity index (χ0) is 20.0. The smallest absolute Gasteiger partial charge is 0.203 e. The molecule has 0 N–H and O–H groups in total. The maximum Gasteiger partial charge on any atom is 0.426 e. The minimum Gasteiger partial charge on any atom is -0.203 e. The van der Waals surface area contributed by atoms with E-state index in [1.165, 1.54) is 0 Å². The largest absolute Gasteiger partial charge is 0.426 e. The van der Waals surface area contributed by atoms with E-state index in [9.17, 15) is 30.7 Å². The van der Waals surface area contributed by atoms with Crippen LogP contribution in [-0.4, -0.2) is 6.18 Å². The number of allylic oxidation sites excluding steroid dienone is 2. The topological polar surface area (TPSA) is 0 Å². The maximum atomic E-state index is 14.2. The first-order valence-electron chi connectivity index (χ1n) is 8.12. The Kier molecular flexibility index (Phi) is 5.72. The van der Waals surface area contributed by atoms with Crippen molar-refractivity contribution in [3.8, 4) is 0 Å². The van der Waals surface area contributed by atoms with Crippen molar-refractivity contribution in [3.05, 3.63) is 45.5 Å². The van der Waals surface area contributed by atoms with Gasteiger partial charge in [0.15, 0.2) is 23.3 Å². The summed E-state index contributed by atoms with van der Waals surface area (Å²) in [5.41, 5.74) is -2.17. The van der Waals surface area contributed by atoms with Crippen LogP contribution >= 0.6 is 11.6 Å². The molecule has 1 saturated carbocycles. The van der Waals surface area contributed by atoms with Gasteiger partial charge in [0.2, 0.25) is 0 Å². The Morgan fingerprint density at radius 3 is 1.88 bits per heavy atom. The molecule has 0 aromatic heterocycles. The Hall–Kier alpha value is -1.24. The zero-order valence-electron chi connectivity index (χ0n) is 14.4. The van der Waals surface area contributed by atoms with E-state index in [0.29, 0.717) is 6.42 Å². The molecule has 1 aromatic carbocycles. The molecule has 26 heavy (non-hydrogen) atoms. The molecular weight excluding hydrogens is 385 g/mol. The summed E-state index contributed by atoms with van der Waals surface area (Å²) < 4.78 is 94.3. The van der Waals surface area contributed by atoms with E-state index >= 15 is 0 Å². The average Bonchev–Trinajstić information content (AvgIpc) is 3.04. The first-order chi connectivity index (χ1) is 11.8. The number of alkyl halides is 3. The van der Waals surface area contributed by atoms with Gasteiger partial charge in [0.1, 0.15) is 5.03 Å². The van der Waals surface area contributed by atoms with E-state index in [2.05, 4.69) is 0 Å². The third kappa shape index (κ3) is 3.73. The lowest BCUT2D eigenvalue weighted by atomic mass is 9.98. The Bertz CT molecular complexity index is 705. The van der Waals surface area contributed by atoms with Gasteiger partial charge in [-0.3, -0.25) is 0 Å². The van der Waals surface area contributed by atoms with Crippen molar-refractivity contribution in [3.63, 3.8) is 0 Å². The lowest BCUT2D eigenvalue weighted by Crippen LogP contribution is -2.10. The minimum absolute atomic E-state index is 0.159. The fraction of sp³-hybridized carbons (Fsp3) is 0.556. The molecule has 1 aliphatic rings. The third-order valence-electron chi connectivity index (χ3n) is 5.11. The third-order valence-corrected chi connectivity index (χ3v) is 5.45. The Labute approximate surface area is 152 Å². The first kappa shape index (κ1) is 21.1. The Morgan fingerprint density at radius 2 is 1.46 bits per heavy atom. The quantitative estimate of drug-likeness (QED) is 0.380. The molecular formula is C18H18ClF7. The highest BCUT2D eigenvalue weighted by atomic mass is 35.5. The predicted octanol–water partition coefficient (Wildman–Crippen LogP) is 6.70. The van der Waals surface area contributed by atoms with Crippen molar-refractivity contribution < 1.29 is 30.7 Å². The fourth-order valence-corrected chi connectivity index (χ4v) is 3.49. The normalized spacial score (nSPS) is 22.7. The maximum absolute atomic E-state index is 14.2. The lowest BCUT2D eigenvalue weighted by molar-refractivity contribution is -0.0848. The van der Waals surface area contributed by atoms with Crippen LogP contribution in [0.4, 0.5) is 30.7 Å². The van der Waals surface area contributed by atoms with Crippen LogP contribution in [-0.2, 0) is 12.8 Å². The van der Waals surface area contributed by atoms with Crippen molar-refractivity contribution in [1.29, 1.82) is 0 Å². The highest BCUT2D eigenvalue weighted by Gasteiger charge is 2.57. The van der Waals surface area contributed by atoms with E-state index in [-0.39, 0.29) is 6.42 Å². The highest BCUT2D eigenvalue weighted by Crippen LogP contribution is 2.61. The van der Waals surface area contributed by atoms with Gasteiger partial charge in [0.25, 0.3) is 0 Å². The van der Waals surface area contributed by atoms with Crippen molar-refractivity contribution in [2.75, 3.05) is 0 Å². The molecule has 0 bridgehead atoms. The second-order valence-corrected chi connectivity index (χ2v) is 7.54. The van der Waals surface area contributed by atoms with Gasteiger partial charge in [-0.05, 0) is 30.1 Å². The Morgan fingerprint density at radius 1 is 1.00 bits per heavy atom. The van der Waals surface area contributed by atoms with Gasteiger partial charge in [-0.2, -0.15) is 13.2 Å². The van der Waals surface area contributed by atoms with Crippen LogP contribution in [0.25, 0.3) is 0 Å². The van der Waals surface area contributed by atoms with Crippen LogP contribution in [0.15, 0.2) is 11.1 Å². The van der Waals surface area contributed by atoms with E-state index in [1.807, 2.05) is 0 Å². The van der Waals surface area contributed by atoms with Crippen molar-refractivity contribution >= 4 is 11.6 Å². The Balaban J connectivity index is 2.35. The van der Waals surface area contributed by atoms with Gasteiger partial charge in [-0.1, -0.05) is 44.9 Å². The molecule has 0 nitrogen and oxygen atoms in total. The number of hydrogen-bond donors (Lipinski definition) is 0. The number of benzene rings is 1. The van der Waals surface area contributed by atoms with Gasteiger partial charge in [0, 0.05) is 11.1 Å². The highest BCUT2D eigenvalue weighted by molar-refractivity contribution is 6.30. The van der Waals surface area contributed by atoms with Gasteiger partial charge in [-0.15, -0.1) is 0 Å². The standard InChI is InChI=1S/C18H18ClF7/c1-4-5-8-13(20)15(22)9(16(23)14(8)21)6-10-11(17(10,2)3)7-12(19)18(24,25)26/h7,10-11H,4-6H2,1-3H3. The molecule has 2 atom stereocenters. The van der Waals surface area contributed by atoms with Crippen LogP contribution in [0.2, 0.25) is 0 Å². The molecule has 0 saturated heterocycles. The number of halogens is 8. The predicted molar refractivity (Wildman–Crippen MR) is 84.7 cm³/mol. The van der Waals surface area contributed by atoms with Crippen molar-refractivity contribution in [1.82, 2.24) is 0 Å². The van der Waals surface area contributed by atoms with Crippen molar-refractivity contribution in [2.45, 2.75) is 46.2 Å². The molecule has 1 fully saturated rings. The molecule has 8 heteroatoms. The van der Waals surface area contributed by atoms with Crippen LogP contribution in [0.3, 0.4) is 0 Å². The molecule has 0 heterocycles. The summed E-state index contributed by atoms with van der Waals surface area (Å²) >= 11 is 5.22. The average molecular weight is 403 g/mol. The molecule has 2 unspecified atom stereocenters. The van der Waals surface area contributed by atoms with Gasteiger partial charge >= 0.3 is 6.18 Å². The summed E-state index contributed by atoms with van der Waals surface area (Å²) in [6, 6.07) is 0. The summed E-state index contributed by atoms with van der Waals surface area (Å²) in [4.78, 5) is 0. The minimum atomic E-state index is -4.72. The summed E-state index contributed by atoms with van der Waals surface area (Å²) in [5.74, 6) is -7.20. The number of rotatable bonds is 5. The molecule has 146 valence electrons. The SMILES string of the molecule is CCCc1c(F)c(F)c(CC2C(C=C(Cl)C(F)(F)F)C2(C)C)c(F)c1F.